The highest BCUT2D eigenvalue weighted by atomic mass is 35.5. The summed E-state index contributed by atoms with van der Waals surface area (Å²) >= 11 is 5.95. The Morgan fingerprint density at radius 3 is 2.90 bits per heavy atom. The third kappa shape index (κ3) is 2.73. The fraction of sp³-hybridized carbons (Fsp3) is 0.133. The Balaban J connectivity index is 1.96. The number of halogens is 1. The lowest BCUT2D eigenvalue weighted by Crippen LogP contribution is -1.99. The minimum absolute atomic E-state index is 0.0537. The van der Waals surface area contributed by atoms with Crippen molar-refractivity contribution in [1.29, 1.82) is 0 Å². The summed E-state index contributed by atoms with van der Waals surface area (Å²) in [5.74, 6) is -0.326. The van der Waals surface area contributed by atoms with Crippen LogP contribution < -0.4 is 0 Å². The molecule has 0 atom stereocenters. The largest absolute Gasteiger partial charge is 0.476 e. The van der Waals surface area contributed by atoms with E-state index in [-0.39, 0.29) is 5.69 Å². The number of benzene rings is 1. The summed E-state index contributed by atoms with van der Waals surface area (Å²) in [5, 5.41) is 10.5. The van der Waals surface area contributed by atoms with Gasteiger partial charge in [0.2, 0.25) is 0 Å². The van der Waals surface area contributed by atoms with Crippen LogP contribution in [0.2, 0.25) is 5.02 Å². The molecule has 0 radical (unpaired) electrons. The Morgan fingerprint density at radius 2 is 2.19 bits per heavy atom. The van der Waals surface area contributed by atoms with E-state index in [1.165, 1.54) is 6.20 Å². The molecule has 0 aliphatic carbocycles. The van der Waals surface area contributed by atoms with Crippen LogP contribution >= 0.6 is 11.6 Å². The predicted octanol–water partition coefficient (Wildman–Crippen LogP) is 2.91. The van der Waals surface area contributed by atoms with Crippen molar-refractivity contribution in [2.75, 3.05) is 0 Å². The lowest BCUT2D eigenvalue weighted by molar-refractivity contribution is 0.0691. The van der Waals surface area contributed by atoms with Crippen molar-refractivity contribution in [1.82, 2.24) is 14.5 Å². The fourth-order valence-electron chi connectivity index (χ4n) is 2.22. The molecule has 3 aromatic rings. The predicted molar refractivity (Wildman–Crippen MR) is 79.7 cm³/mol. The summed E-state index contributed by atoms with van der Waals surface area (Å²) in [5.41, 5.74) is 1.95. The zero-order valence-corrected chi connectivity index (χ0v) is 12.0. The standard InChI is InChI=1S/C15H12ClN3O2/c1-19-8-13(15(20)21)18-14(19)5-9-2-3-12-10(4-9)6-11(16)7-17-12/h2-4,6-8H,5H2,1H3,(H,20,21). The number of carbonyl (C=O) groups is 1. The van der Waals surface area contributed by atoms with Gasteiger partial charge in [0.05, 0.1) is 10.5 Å². The molecule has 106 valence electrons. The lowest BCUT2D eigenvalue weighted by Gasteiger charge is -2.04. The van der Waals surface area contributed by atoms with Gasteiger partial charge in [0.15, 0.2) is 5.69 Å². The van der Waals surface area contributed by atoms with Crippen LogP contribution in [-0.2, 0) is 13.5 Å². The Hall–Kier alpha value is -2.40. The number of hydrogen-bond donors (Lipinski definition) is 1. The van der Waals surface area contributed by atoms with Crippen molar-refractivity contribution >= 4 is 28.5 Å². The molecule has 0 aliphatic heterocycles. The topological polar surface area (TPSA) is 68.0 Å². The van der Waals surface area contributed by atoms with Crippen LogP contribution in [0.3, 0.4) is 0 Å². The number of hydrogen-bond acceptors (Lipinski definition) is 3. The highest BCUT2D eigenvalue weighted by Crippen LogP contribution is 2.19. The fourth-order valence-corrected chi connectivity index (χ4v) is 2.39. The molecule has 1 aromatic carbocycles. The maximum absolute atomic E-state index is 10.9. The van der Waals surface area contributed by atoms with Crippen LogP contribution in [-0.4, -0.2) is 25.6 Å². The van der Waals surface area contributed by atoms with E-state index in [0.717, 1.165) is 16.5 Å². The van der Waals surface area contributed by atoms with E-state index in [2.05, 4.69) is 9.97 Å². The van der Waals surface area contributed by atoms with Crippen molar-refractivity contribution < 1.29 is 9.90 Å². The first-order valence-corrected chi connectivity index (χ1v) is 6.70. The third-order valence-corrected chi connectivity index (χ3v) is 3.47. The summed E-state index contributed by atoms with van der Waals surface area (Å²) in [6.07, 6.45) is 3.67. The van der Waals surface area contributed by atoms with Gasteiger partial charge in [-0.1, -0.05) is 17.7 Å². The molecule has 21 heavy (non-hydrogen) atoms. The van der Waals surface area contributed by atoms with Gasteiger partial charge in [-0.05, 0) is 23.8 Å². The molecular weight excluding hydrogens is 290 g/mol. The molecule has 5 nitrogen and oxygen atoms in total. The van der Waals surface area contributed by atoms with Crippen LogP contribution in [0.1, 0.15) is 21.9 Å². The summed E-state index contributed by atoms with van der Waals surface area (Å²) in [4.78, 5) is 19.3. The number of carboxylic acids is 1. The van der Waals surface area contributed by atoms with Gasteiger partial charge in [0, 0.05) is 31.2 Å². The van der Waals surface area contributed by atoms with E-state index in [4.69, 9.17) is 16.7 Å². The summed E-state index contributed by atoms with van der Waals surface area (Å²) in [7, 11) is 1.79. The summed E-state index contributed by atoms with van der Waals surface area (Å²) < 4.78 is 1.73. The van der Waals surface area contributed by atoms with Gasteiger partial charge in [-0.3, -0.25) is 4.98 Å². The van der Waals surface area contributed by atoms with Gasteiger partial charge in [0.25, 0.3) is 0 Å². The summed E-state index contributed by atoms with van der Waals surface area (Å²) in [6.45, 7) is 0. The van der Waals surface area contributed by atoms with E-state index < -0.39 is 5.97 Å². The number of aryl methyl sites for hydroxylation is 1. The smallest absolute Gasteiger partial charge is 0.356 e. The molecule has 0 saturated heterocycles. The first kappa shape index (κ1) is 13.6. The molecule has 0 saturated carbocycles. The Morgan fingerprint density at radius 1 is 1.38 bits per heavy atom. The number of carboxylic acid groups (broad SMARTS) is 1. The minimum Gasteiger partial charge on any atom is -0.476 e. The normalized spacial score (nSPS) is 11.0. The second-order valence-corrected chi connectivity index (χ2v) is 5.25. The van der Waals surface area contributed by atoms with Crippen LogP contribution in [0, 0.1) is 0 Å². The van der Waals surface area contributed by atoms with Crippen molar-refractivity contribution in [3.05, 3.63) is 58.8 Å². The lowest BCUT2D eigenvalue weighted by atomic mass is 10.1. The molecule has 1 N–H and O–H groups in total. The van der Waals surface area contributed by atoms with Gasteiger partial charge in [0.1, 0.15) is 5.82 Å². The molecule has 3 rings (SSSR count). The molecule has 0 aliphatic rings. The van der Waals surface area contributed by atoms with Gasteiger partial charge in [-0.2, -0.15) is 0 Å². The molecule has 2 aromatic heterocycles. The molecule has 0 spiro atoms. The Bertz CT molecular complexity index is 842. The number of fused-ring (bicyclic) bond motifs is 1. The highest BCUT2D eigenvalue weighted by Gasteiger charge is 2.11. The average molecular weight is 302 g/mol. The van der Waals surface area contributed by atoms with E-state index in [1.54, 1.807) is 17.8 Å². The number of aromatic carboxylic acids is 1. The molecule has 0 bridgehead atoms. The maximum Gasteiger partial charge on any atom is 0.356 e. The van der Waals surface area contributed by atoms with Crippen LogP contribution in [0.4, 0.5) is 0 Å². The van der Waals surface area contributed by atoms with Crippen molar-refractivity contribution in [2.24, 2.45) is 7.05 Å². The van der Waals surface area contributed by atoms with E-state index in [9.17, 15) is 4.79 Å². The third-order valence-electron chi connectivity index (χ3n) is 3.27. The molecule has 0 amide bonds. The number of imidazole rings is 1. The van der Waals surface area contributed by atoms with E-state index in [1.807, 2.05) is 24.3 Å². The van der Waals surface area contributed by atoms with Gasteiger partial charge in [-0.25, -0.2) is 9.78 Å². The number of pyridine rings is 1. The SMILES string of the molecule is Cn1cc(C(=O)O)nc1Cc1ccc2ncc(Cl)cc2c1. The van der Waals surface area contributed by atoms with E-state index in [0.29, 0.717) is 17.3 Å². The Labute approximate surface area is 125 Å². The molecule has 2 heterocycles. The van der Waals surface area contributed by atoms with Gasteiger partial charge >= 0.3 is 5.97 Å². The van der Waals surface area contributed by atoms with Crippen LogP contribution in [0.25, 0.3) is 10.9 Å². The first-order chi connectivity index (χ1) is 10.0. The molecule has 0 unspecified atom stereocenters. The number of rotatable bonds is 3. The van der Waals surface area contributed by atoms with Crippen molar-refractivity contribution in [3.8, 4) is 0 Å². The molecule has 6 heteroatoms. The maximum atomic E-state index is 10.9. The monoisotopic (exact) mass is 301 g/mol. The summed E-state index contributed by atoms with van der Waals surface area (Å²) in [6, 6.07) is 7.72. The number of nitrogens with zero attached hydrogens (tertiary/aromatic N) is 3. The van der Waals surface area contributed by atoms with Crippen LogP contribution in [0.15, 0.2) is 36.7 Å². The molecule has 0 fully saturated rings. The van der Waals surface area contributed by atoms with Crippen molar-refractivity contribution in [2.45, 2.75) is 6.42 Å². The molecular formula is C15H12ClN3O2. The van der Waals surface area contributed by atoms with Gasteiger partial charge in [-0.15, -0.1) is 0 Å². The average Bonchev–Trinajstić information content (AvgIpc) is 2.80. The van der Waals surface area contributed by atoms with Crippen molar-refractivity contribution in [3.63, 3.8) is 0 Å². The second-order valence-electron chi connectivity index (χ2n) is 4.82. The number of aromatic nitrogens is 3. The highest BCUT2D eigenvalue weighted by molar-refractivity contribution is 6.31. The Kier molecular flexibility index (Phi) is 3.35. The first-order valence-electron chi connectivity index (χ1n) is 6.32. The minimum atomic E-state index is -1.02. The second kappa shape index (κ2) is 5.18. The zero-order chi connectivity index (χ0) is 15.0. The van der Waals surface area contributed by atoms with Crippen LogP contribution in [0.5, 0.6) is 0 Å². The quantitative estimate of drug-likeness (QED) is 0.807. The van der Waals surface area contributed by atoms with Gasteiger partial charge < -0.3 is 9.67 Å². The zero-order valence-electron chi connectivity index (χ0n) is 11.2. The van der Waals surface area contributed by atoms with E-state index >= 15 is 0 Å².